The molecule has 1 aliphatic rings. The number of aromatic amines is 1. The van der Waals surface area contributed by atoms with Crippen LogP contribution in [0.3, 0.4) is 0 Å². The summed E-state index contributed by atoms with van der Waals surface area (Å²) in [5, 5.41) is 17.1. The predicted octanol–water partition coefficient (Wildman–Crippen LogP) is 2.59. The second-order valence-corrected chi connectivity index (χ2v) is 7.07. The Labute approximate surface area is 167 Å². The zero-order valence-electron chi connectivity index (χ0n) is 16.0. The van der Waals surface area contributed by atoms with Crippen molar-refractivity contribution in [3.63, 3.8) is 0 Å². The van der Waals surface area contributed by atoms with Gasteiger partial charge in [0.2, 0.25) is 0 Å². The van der Waals surface area contributed by atoms with E-state index in [1.807, 2.05) is 47.5 Å². The Morgan fingerprint density at radius 2 is 1.90 bits per heavy atom. The Kier molecular flexibility index (Phi) is 4.33. The smallest absolute Gasteiger partial charge is 0.254 e. The minimum Gasteiger partial charge on any atom is -0.378 e. The quantitative estimate of drug-likeness (QED) is 0.583. The minimum atomic E-state index is 0.0256. The highest BCUT2D eigenvalue weighted by molar-refractivity contribution is 5.95. The molecule has 0 atom stereocenters. The van der Waals surface area contributed by atoms with Gasteiger partial charge in [-0.3, -0.25) is 9.89 Å². The number of hydrogen-bond acceptors (Lipinski definition) is 5. The van der Waals surface area contributed by atoms with Crippen LogP contribution in [0.5, 0.6) is 0 Å². The molecule has 2 aromatic heterocycles. The number of aryl methyl sites for hydroxylation is 1. The van der Waals surface area contributed by atoms with Crippen LogP contribution < -0.4 is 0 Å². The van der Waals surface area contributed by atoms with E-state index in [4.69, 9.17) is 4.74 Å². The summed E-state index contributed by atoms with van der Waals surface area (Å²) in [6.45, 7) is 4.49. The van der Waals surface area contributed by atoms with E-state index in [0.29, 0.717) is 37.6 Å². The molecule has 0 radical (unpaired) electrons. The Bertz CT molecular complexity index is 1170. The maximum absolute atomic E-state index is 12.6. The molecule has 8 nitrogen and oxygen atoms in total. The van der Waals surface area contributed by atoms with Gasteiger partial charge in [0.15, 0.2) is 0 Å². The number of benzene rings is 2. The minimum absolute atomic E-state index is 0.0256. The largest absolute Gasteiger partial charge is 0.378 e. The van der Waals surface area contributed by atoms with Crippen molar-refractivity contribution >= 4 is 16.8 Å². The average molecular weight is 388 g/mol. The fourth-order valence-electron chi connectivity index (χ4n) is 3.64. The lowest BCUT2D eigenvalue weighted by molar-refractivity contribution is 0.0303. The molecule has 4 aromatic rings. The Balaban J connectivity index is 1.41. The molecule has 146 valence electrons. The van der Waals surface area contributed by atoms with E-state index in [9.17, 15) is 4.79 Å². The standard InChI is InChI=1S/C21H20N6O2/c1-14-3-2-4-17-19(14)20(24-22-17)18-13-27(25-23-18)16-7-5-15(6-8-16)21(28)26-9-11-29-12-10-26/h2-8,13H,9-12H2,1H3,(H,22,24). The molecule has 1 aliphatic heterocycles. The van der Waals surface area contributed by atoms with Crippen LogP contribution in [-0.2, 0) is 4.74 Å². The SMILES string of the molecule is Cc1cccc2[nH]nc(-c3cn(-c4ccc(C(=O)N5CCOCC5)cc4)nn3)c12. The molecule has 0 saturated carbocycles. The zero-order chi connectivity index (χ0) is 19.8. The van der Waals surface area contributed by atoms with Crippen LogP contribution in [-0.4, -0.2) is 62.3 Å². The molecule has 0 bridgehead atoms. The maximum atomic E-state index is 12.6. The van der Waals surface area contributed by atoms with E-state index in [-0.39, 0.29) is 5.91 Å². The third-order valence-corrected chi connectivity index (χ3v) is 5.21. The number of nitrogens with zero attached hydrogens (tertiary/aromatic N) is 5. The summed E-state index contributed by atoms with van der Waals surface area (Å²) in [5.74, 6) is 0.0256. The number of aromatic nitrogens is 5. The summed E-state index contributed by atoms with van der Waals surface area (Å²) in [4.78, 5) is 14.4. The van der Waals surface area contributed by atoms with E-state index in [0.717, 1.165) is 27.8 Å². The Morgan fingerprint density at radius 3 is 2.69 bits per heavy atom. The lowest BCUT2D eigenvalue weighted by Crippen LogP contribution is -2.40. The first-order chi connectivity index (χ1) is 14.2. The zero-order valence-corrected chi connectivity index (χ0v) is 16.0. The van der Waals surface area contributed by atoms with Crippen molar-refractivity contribution in [2.24, 2.45) is 0 Å². The number of carbonyl (C=O) groups excluding carboxylic acids is 1. The monoisotopic (exact) mass is 388 g/mol. The second kappa shape index (κ2) is 7.14. The number of carbonyl (C=O) groups is 1. The first kappa shape index (κ1) is 17.6. The summed E-state index contributed by atoms with van der Waals surface area (Å²) < 4.78 is 7.00. The van der Waals surface area contributed by atoms with Crippen LogP contribution >= 0.6 is 0 Å². The van der Waals surface area contributed by atoms with Gasteiger partial charge in [-0.25, -0.2) is 4.68 Å². The first-order valence-corrected chi connectivity index (χ1v) is 9.54. The van der Waals surface area contributed by atoms with Crippen molar-refractivity contribution in [3.05, 3.63) is 59.8 Å². The lowest BCUT2D eigenvalue weighted by Gasteiger charge is -2.26. The van der Waals surface area contributed by atoms with Crippen LogP contribution in [0.15, 0.2) is 48.7 Å². The van der Waals surface area contributed by atoms with Gasteiger partial charge in [-0.1, -0.05) is 17.3 Å². The van der Waals surface area contributed by atoms with Crippen molar-refractivity contribution in [2.45, 2.75) is 6.92 Å². The van der Waals surface area contributed by atoms with E-state index < -0.39 is 0 Å². The Hall–Kier alpha value is -3.52. The normalized spacial score (nSPS) is 14.4. The fourth-order valence-corrected chi connectivity index (χ4v) is 3.64. The molecule has 0 unspecified atom stereocenters. The van der Waals surface area contributed by atoms with Crippen LogP contribution in [0, 0.1) is 6.92 Å². The molecule has 1 amide bonds. The third kappa shape index (κ3) is 3.17. The third-order valence-electron chi connectivity index (χ3n) is 5.21. The number of H-pyrrole nitrogens is 1. The van der Waals surface area contributed by atoms with Crippen molar-refractivity contribution in [1.29, 1.82) is 0 Å². The number of rotatable bonds is 3. The summed E-state index contributed by atoms with van der Waals surface area (Å²) in [7, 11) is 0. The molecule has 5 rings (SSSR count). The van der Waals surface area contributed by atoms with Gasteiger partial charge >= 0.3 is 0 Å². The highest BCUT2D eigenvalue weighted by atomic mass is 16.5. The molecule has 1 fully saturated rings. The van der Waals surface area contributed by atoms with Gasteiger partial charge in [0, 0.05) is 24.0 Å². The highest BCUT2D eigenvalue weighted by Crippen LogP contribution is 2.27. The van der Waals surface area contributed by atoms with E-state index in [1.54, 1.807) is 4.68 Å². The highest BCUT2D eigenvalue weighted by Gasteiger charge is 2.19. The van der Waals surface area contributed by atoms with Gasteiger partial charge in [0.05, 0.1) is 30.6 Å². The molecule has 1 saturated heterocycles. The molecule has 29 heavy (non-hydrogen) atoms. The lowest BCUT2D eigenvalue weighted by atomic mass is 10.1. The summed E-state index contributed by atoms with van der Waals surface area (Å²) in [5.41, 5.74) is 5.07. The van der Waals surface area contributed by atoms with Gasteiger partial charge < -0.3 is 9.64 Å². The summed E-state index contributed by atoms with van der Waals surface area (Å²) in [6, 6.07) is 13.4. The van der Waals surface area contributed by atoms with Gasteiger partial charge in [0.25, 0.3) is 5.91 Å². The number of amides is 1. The van der Waals surface area contributed by atoms with Crippen molar-refractivity contribution in [2.75, 3.05) is 26.3 Å². The van der Waals surface area contributed by atoms with Crippen LogP contribution in [0.2, 0.25) is 0 Å². The molecule has 3 heterocycles. The first-order valence-electron chi connectivity index (χ1n) is 9.54. The maximum Gasteiger partial charge on any atom is 0.254 e. The number of fused-ring (bicyclic) bond motifs is 1. The van der Waals surface area contributed by atoms with Crippen molar-refractivity contribution in [3.8, 4) is 17.1 Å². The van der Waals surface area contributed by atoms with Crippen molar-refractivity contribution in [1.82, 2.24) is 30.1 Å². The van der Waals surface area contributed by atoms with E-state index >= 15 is 0 Å². The number of ether oxygens (including phenoxy) is 1. The number of nitrogens with one attached hydrogen (secondary N) is 1. The van der Waals surface area contributed by atoms with E-state index in [1.165, 1.54) is 0 Å². The summed E-state index contributed by atoms with van der Waals surface area (Å²) >= 11 is 0. The van der Waals surface area contributed by atoms with Gasteiger partial charge in [-0.15, -0.1) is 5.10 Å². The topological polar surface area (TPSA) is 88.9 Å². The predicted molar refractivity (Wildman–Crippen MR) is 108 cm³/mol. The average Bonchev–Trinajstić information content (AvgIpc) is 3.42. The van der Waals surface area contributed by atoms with Gasteiger partial charge in [0.1, 0.15) is 11.4 Å². The molecule has 0 spiro atoms. The van der Waals surface area contributed by atoms with Crippen LogP contribution in [0.25, 0.3) is 28.0 Å². The van der Waals surface area contributed by atoms with Gasteiger partial charge in [-0.05, 0) is 42.8 Å². The van der Waals surface area contributed by atoms with Crippen LogP contribution in [0.4, 0.5) is 0 Å². The molecule has 8 heteroatoms. The molecular weight excluding hydrogens is 368 g/mol. The summed E-state index contributed by atoms with van der Waals surface area (Å²) in [6.07, 6.45) is 1.85. The Morgan fingerprint density at radius 1 is 1.10 bits per heavy atom. The molecule has 2 aromatic carbocycles. The van der Waals surface area contributed by atoms with Gasteiger partial charge in [-0.2, -0.15) is 5.10 Å². The number of hydrogen-bond donors (Lipinski definition) is 1. The van der Waals surface area contributed by atoms with Crippen molar-refractivity contribution < 1.29 is 9.53 Å². The van der Waals surface area contributed by atoms with E-state index in [2.05, 4.69) is 33.5 Å². The second-order valence-electron chi connectivity index (χ2n) is 7.07. The van der Waals surface area contributed by atoms with Crippen LogP contribution in [0.1, 0.15) is 15.9 Å². The molecule has 0 aliphatic carbocycles. The molecular formula is C21H20N6O2. The molecule has 1 N–H and O–H groups in total. The number of morpholine rings is 1. The fraction of sp³-hybridized carbons (Fsp3) is 0.238.